The number of hydrogen-bond donors (Lipinski definition) is 1. The van der Waals surface area contributed by atoms with Crippen molar-refractivity contribution in [2.75, 3.05) is 7.11 Å². The molecule has 0 radical (unpaired) electrons. The van der Waals surface area contributed by atoms with Crippen molar-refractivity contribution in [1.82, 2.24) is 0 Å². The Morgan fingerprint density at radius 3 is 2.64 bits per heavy atom. The molecular weight excluding hydrogens is 151 g/mol. The van der Waals surface area contributed by atoms with E-state index >= 15 is 0 Å². The monoisotopic (exact) mass is 162 g/mol. The summed E-state index contributed by atoms with van der Waals surface area (Å²) in [4.78, 5) is 9.97. The standard InChI is InChI=1S/C7H11FO3/c1-3-5(11-2)4-6(8)7(9)10/h4-5H,3H2,1-2H3,(H,9,10)/b6-4+. The van der Waals surface area contributed by atoms with Gasteiger partial charge in [-0.05, 0) is 12.5 Å². The number of methoxy groups -OCH3 is 1. The van der Waals surface area contributed by atoms with Crippen molar-refractivity contribution in [1.29, 1.82) is 0 Å². The van der Waals surface area contributed by atoms with Crippen molar-refractivity contribution < 1.29 is 19.0 Å². The van der Waals surface area contributed by atoms with Crippen LogP contribution in [0, 0.1) is 0 Å². The van der Waals surface area contributed by atoms with E-state index in [0.29, 0.717) is 6.42 Å². The highest BCUT2D eigenvalue weighted by atomic mass is 19.1. The summed E-state index contributed by atoms with van der Waals surface area (Å²) >= 11 is 0. The van der Waals surface area contributed by atoms with Crippen LogP contribution in [0.5, 0.6) is 0 Å². The van der Waals surface area contributed by atoms with Crippen molar-refractivity contribution in [3.8, 4) is 0 Å². The molecule has 0 aliphatic heterocycles. The number of hydrogen-bond acceptors (Lipinski definition) is 2. The van der Waals surface area contributed by atoms with Gasteiger partial charge in [0.2, 0.25) is 5.83 Å². The number of carbonyl (C=O) groups is 1. The van der Waals surface area contributed by atoms with Crippen LogP contribution in [0.15, 0.2) is 11.9 Å². The van der Waals surface area contributed by atoms with E-state index in [2.05, 4.69) is 0 Å². The van der Waals surface area contributed by atoms with Crippen LogP contribution >= 0.6 is 0 Å². The minimum Gasteiger partial charge on any atom is -0.476 e. The number of carboxylic acid groups (broad SMARTS) is 1. The molecule has 1 unspecified atom stereocenters. The van der Waals surface area contributed by atoms with Gasteiger partial charge >= 0.3 is 5.97 Å². The van der Waals surface area contributed by atoms with E-state index in [1.54, 1.807) is 6.92 Å². The van der Waals surface area contributed by atoms with Gasteiger partial charge in [0.05, 0.1) is 6.10 Å². The lowest BCUT2D eigenvalue weighted by Gasteiger charge is -2.05. The van der Waals surface area contributed by atoms with Gasteiger partial charge in [0.15, 0.2) is 0 Å². The Hall–Kier alpha value is -0.900. The summed E-state index contributed by atoms with van der Waals surface area (Å²) in [6, 6.07) is 0. The topological polar surface area (TPSA) is 46.5 Å². The largest absolute Gasteiger partial charge is 0.476 e. The number of ether oxygens (including phenoxy) is 1. The minimum absolute atomic E-state index is 0.453. The maximum atomic E-state index is 12.3. The molecule has 64 valence electrons. The molecule has 0 heterocycles. The summed E-state index contributed by atoms with van der Waals surface area (Å²) in [5.74, 6) is -2.72. The van der Waals surface area contributed by atoms with Crippen LogP contribution in [0.25, 0.3) is 0 Å². The van der Waals surface area contributed by atoms with E-state index < -0.39 is 17.9 Å². The normalized spacial score (nSPS) is 14.6. The lowest BCUT2D eigenvalue weighted by atomic mass is 10.2. The molecule has 11 heavy (non-hydrogen) atoms. The first-order valence-corrected chi connectivity index (χ1v) is 3.25. The maximum Gasteiger partial charge on any atom is 0.364 e. The summed E-state index contributed by atoms with van der Waals surface area (Å²) in [7, 11) is 1.40. The van der Waals surface area contributed by atoms with Gasteiger partial charge in [0.1, 0.15) is 0 Å². The first kappa shape index (κ1) is 10.1. The molecule has 0 aliphatic rings. The second-order valence-electron chi connectivity index (χ2n) is 2.00. The van der Waals surface area contributed by atoms with Gasteiger partial charge in [0.25, 0.3) is 0 Å². The van der Waals surface area contributed by atoms with Crippen LogP contribution in [-0.4, -0.2) is 24.3 Å². The van der Waals surface area contributed by atoms with Crippen molar-refractivity contribution in [3.63, 3.8) is 0 Å². The Balaban J connectivity index is 4.14. The number of halogens is 1. The number of carboxylic acids is 1. The van der Waals surface area contributed by atoms with E-state index in [-0.39, 0.29) is 0 Å². The molecule has 0 bridgehead atoms. The summed E-state index contributed by atoms with van der Waals surface area (Å²) in [5, 5.41) is 8.12. The third kappa shape index (κ3) is 3.72. The summed E-state index contributed by atoms with van der Waals surface area (Å²) in [5.41, 5.74) is 0. The zero-order chi connectivity index (χ0) is 8.85. The Morgan fingerprint density at radius 2 is 2.36 bits per heavy atom. The van der Waals surface area contributed by atoms with Crippen LogP contribution in [0.2, 0.25) is 0 Å². The quantitative estimate of drug-likeness (QED) is 0.634. The fourth-order valence-corrected chi connectivity index (χ4v) is 0.587. The molecule has 1 N–H and O–H groups in total. The van der Waals surface area contributed by atoms with Gasteiger partial charge < -0.3 is 9.84 Å². The van der Waals surface area contributed by atoms with Crippen LogP contribution in [0.1, 0.15) is 13.3 Å². The van der Waals surface area contributed by atoms with Gasteiger partial charge in [-0.25, -0.2) is 4.79 Å². The number of aliphatic carboxylic acids is 1. The molecule has 1 atom stereocenters. The Bertz CT molecular complexity index is 161. The molecule has 0 aromatic heterocycles. The zero-order valence-corrected chi connectivity index (χ0v) is 6.50. The third-order valence-corrected chi connectivity index (χ3v) is 1.24. The Morgan fingerprint density at radius 1 is 1.82 bits per heavy atom. The molecule has 0 spiro atoms. The van der Waals surface area contributed by atoms with Crippen molar-refractivity contribution >= 4 is 5.97 Å². The van der Waals surface area contributed by atoms with Gasteiger partial charge in [0, 0.05) is 7.11 Å². The smallest absolute Gasteiger partial charge is 0.364 e. The van der Waals surface area contributed by atoms with Gasteiger partial charge in [-0.15, -0.1) is 0 Å². The molecule has 3 nitrogen and oxygen atoms in total. The van der Waals surface area contributed by atoms with E-state index in [1.807, 2.05) is 0 Å². The van der Waals surface area contributed by atoms with Gasteiger partial charge in [-0.3, -0.25) is 0 Å². The lowest BCUT2D eigenvalue weighted by molar-refractivity contribution is -0.134. The second-order valence-corrected chi connectivity index (χ2v) is 2.00. The fraction of sp³-hybridized carbons (Fsp3) is 0.571. The molecule has 0 aromatic carbocycles. The molecule has 0 aromatic rings. The molecule has 0 saturated carbocycles. The predicted octanol–water partition coefficient (Wildman–Crippen LogP) is 1.35. The van der Waals surface area contributed by atoms with Crippen molar-refractivity contribution in [2.24, 2.45) is 0 Å². The predicted molar refractivity (Wildman–Crippen MR) is 37.9 cm³/mol. The Labute approximate surface area is 64.5 Å². The first-order chi connectivity index (χ1) is 5.11. The molecule has 0 fully saturated rings. The molecule has 0 saturated heterocycles. The molecular formula is C7H11FO3. The van der Waals surface area contributed by atoms with Gasteiger partial charge in [-0.2, -0.15) is 4.39 Å². The van der Waals surface area contributed by atoms with Crippen molar-refractivity contribution in [2.45, 2.75) is 19.4 Å². The Kier molecular flexibility index (Phi) is 4.45. The van der Waals surface area contributed by atoms with Crippen LogP contribution in [0.3, 0.4) is 0 Å². The molecule has 4 heteroatoms. The second kappa shape index (κ2) is 4.85. The van der Waals surface area contributed by atoms with E-state index in [9.17, 15) is 9.18 Å². The highest BCUT2D eigenvalue weighted by molar-refractivity contribution is 5.83. The molecule has 0 rings (SSSR count). The van der Waals surface area contributed by atoms with E-state index in [0.717, 1.165) is 6.08 Å². The number of rotatable bonds is 4. The zero-order valence-electron chi connectivity index (χ0n) is 6.50. The third-order valence-electron chi connectivity index (χ3n) is 1.24. The highest BCUT2D eigenvalue weighted by Crippen LogP contribution is 2.04. The maximum absolute atomic E-state index is 12.3. The lowest BCUT2D eigenvalue weighted by Crippen LogP contribution is -2.07. The van der Waals surface area contributed by atoms with Crippen molar-refractivity contribution in [3.05, 3.63) is 11.9 Å². The summed E-state index contributed by atoms with van der Waals surface area (Å²) in [6.45, 7) is 1.78. The van der Waals surface area contributed by atoms with E-state index in [1.165, 1.54) is 7.11 Å². The fourth-order valence-electron chi connectivity index (χ4n) is 0.587. The summed E-state index contributed by atoms with van der Waals surface area (Å²) < 4.78 is 17.1. The average Bonchev–Trinajstić information content (AvgIpc) is 1.99. The average molecular weight is 162 g/mol. The molecule has 0 amide bonds. The van der Waals surface area contributed by atoms with Crippen LogP contribution in [-0.2, 0) is 9.53 Å². The highest BCUT2D eigenvalue weighted by Gasteiger charge is 2.08. The SMILES string of the molecule is CCC(/C=C(/F)C(=O)O)OC. The van der Waals surface area contributed by atoms with Gasteiger partial charge in [-0.1, -0.05) is 6.92 Å². The summed E-state index contributed by atoms with van der Waals surface area (Å²) in [6.07, 6.45) is 1.05. The van der Waals surface area contributed by atoms with E-state index in [4.69, 9.17) is 9.84 Å². The first-order valence-electron chi connectivity index (χ1n) is 3.25. The molecule has 0 aliphatic carbocycles. The minimum atomic E-state index is -1.56. The van der Waals surface area contributed by atoms with Crippen LogP contribution < -0.4 is 0 Å². The van der Waals surface area contributed by atoms with Crippen LogP contribution in [0.4, 0.5) is 4.39 Å².